The molecule has 1 saturated heterocycles. The first-order chi connectivity index (χ1) is 10.2. The van der Waals surface area contributed by atoms with Crippen LogP contribution in [0.4, 0.5) is 11.6 Å². The number of nitrogens with one attached hydrogen (secondary N) is 1. The molecule has 1 N–H and O–H groups in total. The fourth-order valence-electron chi connectivity index (χ4n) is 2.53. The standard InChI is InChI=1S/C16H28N4O/c1-4-9-17-15-11-16(19-14(5-2)18-15)20(3)12-13-8-6-7-10-21-13/h11,13H,4-10,12H2,1-3H3,(H,17,18,19). The predicted molar refractivity (Wildman–Crippen MR) is 87.1 cm³/mol. The van der Waals surface area contributed by atoms with Crippen LogP contribution in [0.3, 0.4) is 0 Å². The van der Waals surface area contributed by atoms with Crippen LogP contribution < -0.4 is 10.2 Å². The van der Waals surface area contributed by atoms with Gasteiger partial charge in [-0.05, 0) is 25.7 Å². The van der Waals surface area contributed by atoms with Crippen LogP contribution in [-0.4, -0.2) is 42.8 Å². The molecule has 1 aliphatic heterocycles. The highest BCUT2D eigenvalue weighted by atomic mass is 16.5. The summed E-state index contributed by atoms with van der Waals surface area (Å²) < 4.78 is 5.82. The summed E-state index contributed by atoms with van der Waals surface area (Å²) in [4.78, 5) is 11.4. The average molecular weight is 292 g/mol. The van der Waals surface area contributed by atoms with E-state index in [1.54, 1.807) is 0 Å². The van der Waals surface area contributed by atoms with Gasteiger partial charge >= 0.3 is 0 Å². The molecule has 1 unspecified atom stereocenters. The number of anilines is 2. The molecular weight excluding hydrogens is 264 g/mol. The summed E-state index contributed by atoms with van der Waals surface area (Å²) in [6.45, 7) is 6.98. The zero-order valence-corrected chi connectivity index (χ0v) is 13.6. The molecule has 5 heteroatoms. The highest BCUT2D eigenvalue weighted by Gasteiger charge is 2.17. The maximum absolute atomic E-state index is 5.82. The molecule has 118 valence electrons. The van der Waals surface area contributed by atoms with E-state index in [1.165, 1.54) is 12.8 Å². The van der Waals surface area contributed by atoms with E-state index in [0.717, 1.165) is 56.4 Å². The van der Waals surface area contributed by atoms with E-state index in [2.05, 4.69) is 41.1 Å². The highest BCUT2D eigenvalue weighted by Crippen LogP contribution is 2.19. The Morgan fingerprint density at radius 2 is 2.19 bits per heavy atom. The number of aryl methyl sites for hydroxylation is 1. The Labute approximate surface area is 128 Å². The van der Waals surface area contributed by atoms with Crippen molar-refractivity contribution in [3.63, 3.8) is 0 Å². The second kappa shape index (κ2) is 8.17. The second-order valence-electron chi connectivity index (χ2n) is 5.68. The average Bonchev–Trinajstić information content (AvgIpc) is 2.53. The van der Waals surface area contributed by atoms with Gasteiger partial charge in [0.1, 0.15) is 17.5 Å². The van der Waals surface area contributed by atoms with E-state index in [1.807, 2.05) is 6.07 Å². The molecule has 0 spiro atoms. The molecule has 1 aromatic heterocycles. The molecule has 1 atom stereocenters. The zero-order chi connectivity index (χ0) is 15.1. The molecule has 0 bridgehead atoms. The Balaban J connectivity index is 2.05. The number of rotatable bonds is 7. The molecule has 1 aromatic rings. The summed E-state index contributed by atoms with van der Waals surface area (Å²) in [6.07, 6.45) is 5.88. The van der Waals surface area contributed by atoms with E-state index in [0.29, 0.717) is 6.10 Å². The third-order valence-corrected chi connectivity index (χ3v) is 3.77. The molecule has 5 nitrogen and oxygen atoms in total. The summed E-state index contributed by atoms with van der Waals surface area (Å²) in [5, 5.41) is 3.36. The van der Waals surface area contributed by atoms with Crippen LogP contribution in [-0.2, 0) is 11.2 Å². The Morgan fingerprint density at radius 1 is 1.33 bits per heavy atom. The van der Waals surface area contributed by atoms with Gasteiger partial charge in [-0.1, -0.05) is 13.8 Å². The third kappa shape index (κ3) is 4.84. The van der Waals surface area contributed by atoms with E-state index in [9.17, 15) is 0 Å². The maximum atomic E-state index is 5.82. The Morgan fingerprint density at radius 3 is 2.86 bits per heavy atom. The molecule has 2 rings (SSSR count). The zero-order valence-electron chi connectivity index (χ0n) is 13.6. The van der Waals surface area contributed by atoms with Gasteiger partial charge < -0.3 is 15.0 Å². The maximum Gasteiger partial charge on any atom is 0.134 e. The lowest BCUT2D eigenvalue weighted by atomic mass is 10.1. The summed E-state index contributed by atoms with van der Waals surface area (Å²) >= 11 is 0. The summed E-state index contributed by atoms with van der Waals surface area (Å²) in [5.41, 5.74) is 0. The van der Waals surface area contributed by atoms with Crippen molar-refractivity contribution < 1.29 is 4.74 Å². The van der Waals surface area contributed by atoms with Crippen LogP contribution in [0.5, 0.6) is 0 Å². The molecule has 1 aliphatic rings. The van der Waals surface area contributed by atoms with Gasteiger partial charge in [0.2, 0.25) is 0 Å². The lowest BCUT2D eigenvalue weighted by Crippen LogP contribution is -2.34. The normalized spacial score (nSPS) is 18.5. The van der Waals surface area contributed by atoms with Crippen molar-refractivity contribution in [1.29, 1.82) is 0 Å². The molecule has 0 aliphatic carbocycles. The van der Waals surface area contributed by atoms with Crippen LogP contribution >= 0.6 is 0 Å². The minimum Gasteiger partial charge on any atom is -0.376 e. The quantitative estimate of drug-likeness (QED) is 0.837. The third-order valence-electron chi connectivity index (χ3n) is 3.77. The van der Waals surface area contributed by atoms with Crippen LogP contribution in [0, 0.1) is 0 Å². The molecule has 2 heterocycles. The van der Waals surface area contributed by atoms with Gasteiger partial charge in [0, 0.05) is 39.2 Å². The van der Waals surface area contributed by atoms with Crippen molar-refractivity contribution in [2.24, 2.45) is 0 Å². The molecule has 0 radical (unpaired) electrons. The topological polar surface area (TPSA) is 50.3 Å². The van der Waals surface area contributed by atoms with Crippen molar-refractivity contribution in [2.75, 3.05) is 37.0 Å². The first kappa shape index (κ1) is 16.0. The predicted octanol–water partition coefficient (Wildman–Crippen LogP) is 2.87. The summed E-state index contributed by atoms with van der Waals surface area (Å²) in [7, 11) is 2.09. The lowest BCUT2D eigenvalue weighted by molar-refractivity contribution is 0.0215. The fourth-order valence-corrected chi connectivity index (χ4v) is 2.53. The van der Waals surface area contributed by atoms with E-state index in [4.69, 9.17) is 4.74 Å². The highest BCUT2D eigenvalue weighted by molar-refractivity contribution is 5.49. The molecule has 0 aromatic carbocycles. The van der Waals surface area contributed by atoms with Gasteiger partial charge in [-0.15, -0.1) is 0 Å². The monoisotopic (exact) mass is 292 g/mol. The van der Waals surface area contributed by atoms with Gasteiger partial charge in [0.15, 0.2) is 0 Å². The van der Waals surface area contributed by atoms with Gasteiger partial charge in [-0.3, -0.25) is 0 Å². The Bertz CT molecular complexity index is 432. The van der Waals surface area contributed by atoms with Crippen molar-refractivity contribution in [1.82, 2.24) is 9.97 Å². The van der Waals surface area contributed by atoms with Crippen LogP contribution in [0.2, 0.25) is 0 Å². The summed E-state index contributed by atoms with van der Waals surface area (Å²) in [6, 6.07) is 2.04. The fraction of sp³-hybridized carbons (Fsp3) is 0.750. The van der Waals surface area contributed by atoms with Crippen LogP contribution in [0.25, 0.3) is 0 Å². The van der Waals surface area contributed by atoms with Crippen molar-refractivity contribution in [3.05, 3.63) is 11.9 Å². The van der Waals surface area contributed by atoms with Gasteiger partial charge in [0.05, 0.1) is 6.10 Å². The minimum absolute atomic E-state index is 0.329. The number of nitrogens with zero attached hydrogens (tertiary/aromatic N) is 3. The van der Waals surface area contributed by atoms with E-state index < -0.39 is 0 Å². The smallest absolute Gasteiger partial charge is 0.134 e. The number of hydrogen-bond acceptors (Lipinski definition) is 5. The molecular formula is C16H28N4O. The Hall–Kier alpha value is -1.36. The van der Waals surface area contributed by atoms with E-state index >= 15 is 0 Å². The number of aromatic nitrogens is 2. The first-order valence-electron chi connectivity index (χ1n) is 8.17. The molecule has 0 amide bonds. The summed E-state index contributed by atoms with van der Waals surface area (Å²) in [5.74, 6) is 2.80. The van der Waals surface area contributed by atoms with E-state index in [-0.39, 0.29) is 0 Å². The lowest BCUT2D eigenvalue weighted by Gasteiger charge is -2.28. The SMILES string of the molecule is CCCNc1cc(N(C)CC2CCCCO2)nc(CC)n1. The molecule has 0 saturated carbocycles. The van der Waals surface area contributed by atoms with Crippen molar-refractivity contribution in [2.45, 2.75) is 52.1 Å². The van der Waals surface area contributed by atoms with Crippen LogP contribution in [0.1, 0.15) is 45.4 Å². The Kier molecular flexibility index (Phi) is 6.23. The van der Waals surface area contributed by atoms with Gasteiger partial charge in [-0.25, -0.2) is 9.97 Å². The van der Waals surface area contributed by atoms with Crippen molar-refractivity contribution in [3.8, 4) is 0 Å². The largest absolute Gasteiger partial charge is 0.376 e. The molecule has 21 heavy (non-hydrogen) atoms. The second-order valence-corrected chi connectivity index (χ2v) is 5.68. The van der Waals surface area contributed by atoms with Crippen molar-refractivity contribution >= 4 is 11.6 Å². The minimum atomic E-state index is 0.329. The molecule has 1 fully saturated rings. The first-order valence-corrected chi connectivity index (χ1v) is 8.17. The number of ether oxygens (including phenoxy) is 1. The van der Waals surface area contributed by atoms with Gasteiger partial charge in [-0.2, -0.15) is 0 Å². The van der Waals surface area contributed by atoms with Crippen LogP contribution in [0.15, 0.2) is 6.07 Å². The number of hydrogen-bond donors (Lipinski definition) is 1. The number of likely N-dealkylation sites (N-methyl/N-ethyl adjacent to an activating group) is 1. The van der Waals surface area contributed by atoms with Gasteiger partial charge in [0.25, 0.3) is 0 Å².